The second-order valence-corrected chi connectivity index (χ2v) is 7.74. The highest BCUT2D eigenvalue weighted by Crippen LogP contribution is 2.22. The number of imidazole rings is 1. The van der Waals surface area contributed by atoms with Gasteiger partial charge in [0.25, 0.3) is 0 Å². The van der Waals surface area contributed by atoms with Crippen LogP contribution in [-0.2, 0) is 16.1 Å². The van der Waals surface area contributed by atoms with Crippen LogP contribution in [0.2, 0.25) is 0 Å². The van der Waals surface area contributed by atoms with Crippen molar-refractivity contribution in [1.82, 2.24) is 19.5 Å². The minimum atomic E-state index is -1.63. The molecule has 0 aromatic carbocycles. The molecule has 2 aromatic rings. The first-order valence-electron chi connectivity index (χ1n) is 10.9. The number of halogens is 1. The Morgan fingerprint density at radius 2 is 2.00 bits per heavy atom. The predicted molar refractivity (Wildman–Crippen MR) is 118 cm³/mol. The summed E-state index contributed by atoms with van der Waals surface area (Å²) < 4.78 is 20.5. The number of ether oxygens (including phenoxy) is 1. The van der Waals surface area contributed by atoms with E-state index in [4.69, 9.17) is 11.2 Å². The number of terminal acetylenes is 1. The van der Waals surface area contributed by atoms with Crippen LogP contribution in [0.1, 0.15) is 58.3 Å². The van der Waals surface area contributed by atoms with Crippen LogP contribution in [0.3, 0.4) is 0 Å². The number of fused-ring (bicyclic) bond motifs is 1. The van der Waals surface area contributed by atoms with Crippen LogP contribution in [-0.4, -0.2) is 61.1 Å². The van der Waals surface area contributed by atoms with Gasteiger partial charge in [-0.2, -0.15) is 14.4 Å². The van der Waals surface area contributed by atoms with Crippen molar-refractivity contribution in [1.29, 1.82) is 0 Å². The van der Waals surface area contributed by atoms with E-state index in [0.29, 0.717) is 6.42 Å². The number of aromatic nitrogens is 4. The largest absolute Gasteiger partial charge is 0.392 e. The van der Waals surface area contributed by atoms with Crippen molar-refractivity contribution in [3.8, 4) is 12.3 Å². The molecule has 0 spiro atoms. The monoisotopic (exact) mass is 449 g/mol. The number of amides is 1. The Bertz CT molecular complexity index is 923. The van der Waals surface area contributed by atoms with E-state index in [9.17, 15) is 19.4 Å². The molecule has 3 N–H and O–H groups in total. The van der Waals surface area contributed by atoms with Crippen molar-refractivity contribution >= 4 is 22.9 Å². The summed E-state index contributed by atoms with van der Waals surface area (Å²) in [5.41, 5.74) is -1.38. The van der Waals surface area contributed by atoms with Gasteiger partial charge in [-0.1, -0.05) is 51.4 Å². The van der Waals surface area contributed by atoms with Gasteiger partial charge >= 0.3 is 6.08 Å². The topological polar surface area (TPSA) is 122 Å². The molecule has 0 aliphatic heterocycles. The molecule has 9 nitrogen and oxygen atoms in total. The Hall–Kier alpha value is -2.61. The third-order valence-electron chi connectivity index (χ3n) is 5.45. The number of aliphatic hydroxyl groups is 2. The van der Waals surface area contributed by atoms with Gasteiger partial charge in [-0.05, 0) is 6.42 Å². The smallest absolute Gasteiger partial charge is 0.312 e. The van der Waals surface area contributed by atoms with E-state index in [-0.39, 0.29) is 29.4 Å². The van der Waals surface area contributed by atoms with Gasteiger partial charge < -0.3 is 24.8 Å². The highest BCUT2D eigenvalue weighted by atomic mass is 19.1. The lowest BCUT2D eigenvalue weighted by molar-refractivity contribution is -0.116. The fourth-order valence-electron chi connectivity index (χ4n) is 3.42. The molecule has 0 fully saturated rings. The molecular formula is C22H32FN5O4. The van der Waals surface area contributed by atoms with Crippen molar-refractivity contribution in [2.45, 2.75) is 76.5 Å². The first-order chi connectivity index (χ1) is 15.4. The van der Waals surface area contributed by atoms with Gasteiger partial charge in [0.1, 0.15) is 6.10 Å². The van der Waals surface area contributed by atoms with Gasteiger partial charge in [0, 0.05) is 13.5 Å². The maximum atomic E-state index is 14.1. The average Bonchev–Trinajstić information content (AvgIpc) is 3.17. The van der Waals surface area contributed by atoms with Gasteiger partial charge in [-0.3, -0.25) is 4.79 Å². The summed E-state index contributed by atoms with van der Waals surface area (Å²) in [6.45, 7) is 1.38. The van der Waals surface area contributed by atoms with Gasteiger partial charge in [-0.25, -0.2) is 4.98 Å². The Morgan fingerprint density at radius 3 is 2.62 bits per heavy atom. The molecule has 0 bridgehead atoms. The number of unbranched alkanes of at least 4 members (excludes halogenated alkanes) is 6. The number of carbonyl (C=O) groups is 1. The number of nitrogens with zero attached hydrogens (tertiary/aromatic N) is 4. The molecule has 1 unspecified atom stereocenters. The summed E-state index contributed by atoms with van der Waals surface area (Å²) in [4.78, 5) is 23.9. The normalized spacial score (nSPS) is 14.1. The number of nitrogens with one attached hydrogen (secondary N) is 1. The average molecular weight is 450 g/mol. The van der Waals surface area contributed by atoms with Crippen molar-refractivity contribution in [2.75, 3.05) is 19.0 Å². The Balaban J connectivity index is 2.05. The summed E-state index contributed by atoms with van der Waals surface area (Å²) in [5, 5.41) is 22.6. The molecule has 2 rings (SSSR count). The molecule has 0 radical (unpaired) electrons. The van der Waals surface area contributed by atoms with E-state index in [1.807, 2.05) is 0 Å². The number of carbonyl (C=O) groups excluding carboxylic acids is 1. The lowest BCUT2D eigenvalue weighted by Crippen LogP contribution is -2.48. The Labute approximate surface area is 187 Å². The lowest BCUT2D eigenvalue weighted by atomic mass is 9.98. The minimum absolute atomic E-state index is 0.0363. The zero-order chi connectivity index (χ0) is 23.6. The van der Waals surface area contributed by atoms with Crippen molar-refractivity contribution in [3.05, 3.63) is 12.4 Å². The zero-order valence-electron chi connectivity index (χ0n) is 18.7. The number of rotatable bonds is 14. The van der Waals surface area contributed by atoms with Crippen LogP contribution in [0.4, 0.5) is 10.2 Å². The van der Waals surface area contributed by atoms with Crippen molar-refractivity contribution in [3.63, 3.8) is 0 Å². The second kappa shape index (κ2) is 12.4. The van der Waals surface area contributed by atoms with Crippen LogP contribution in [0.15, 0.2) is 6.33 Å². The van der Waals surface area contributed by atoms with Crippen LogP contribution in [0, 0.1) is 18.4 Å². The van der Waals surface area contributed by atoms with E-state index in [2.05, 4.69) is 33.1 Å². The number of hydrogen-bond acceptors (Lipinski definition) is 7. The molecule has 1 amide bonds. The maximum Gasteiger partial charge on any atom is 0.312 e. The molecule has 2 atom stereocenters. The molecular weight excluding hydrogens is 417 g/mol. The Morgan fingerprint density at radius 1 is 1.31 bits per heavy atom. The second-order valence-electron chi connectivity index (χ2n) is 7.74. The first kappa shape index (κ1) is 25.6. The van der Waals surface area contributed by atoms with Crippen molar-refractivity contribution in [2.24, 2.45) is 0 Å². The zero-order valence-corrected chi connectivity index (χ0v) is 18.7. The van der Waals surface area contributed by atoms with E-state index in [0.717, 1.165) is 25.7 Å². The van der Waals surface area contributed by atoms with Gasteiger partial charge in [0.05, 0.1) is 19.5 Å². The van der Waals surface area contributed by atoms with Crippen LogP contribution in [0.5, 0.6) is 0 Å². The summed E-state index contributed by atoms with van der Waals surface area (Å²) in [7, 11) is 1.27. The minimum Gasteiger partial charge on any atom is -0.392 e. The van der Waals surface area contributed by atoms with E-state index >= 15 is 0 Å². The van der Waals surface area contributed by atoms with E-state index in [1.54, 1.807) is 0 Å². The van der Waals surface area contributed by atoms with Crippen molar-refractivity contribution < 1.29 is 24.1 Å². The molecule has 0 aliphatic carbocycles. The van der Waals surface area contributed by atoms with Gasteiger partial charge in [0.2, 0.25) is 5.91 Å². The lowest BCUT2D eigenvalue weighted by Gasteiger charge is -2.30. The third kappa shape index (κ3) is 6.45. The summed E-state index contributed by atoms with van der Waals surface area (Å²) in [5.74, 6) is 1.93. The summed E-state index contributed by atoms with van der Waals surface area (Å²) in [6.07, 6.45) is 12.2. The van der Waals surface area contributed by atoms with E-state index < -0.39 is 24.4 Å². The molecule has 0 saturated carbocycles. The molecule has 176 valence electrons. The van der Waals surface area contributed by atoms with E-state index in [1.165, 1.54) is 37.3 Å². The molecule has 0 aliphatic rings. The fraction of sp³-hybridized carbons (Fsp3) is 0.636. The van der Waals surface area contributed by atoms with Gasteiger partial charge in [0.15, 0.2) is 22.6 Å². The summed E-state index contributed by atoms with van der Waals surface area (Å²) >= 11 is 0. The predicted octanol–water partition coefficient (Wildman–Crippen LogP) is 2.42. The highest BCUT2D eigenvalue weighted by molar-refractivity contribution is 5.96. The molecule has 2 aromatic heterocycles. The standard InChI is InChI=1S/C22H32FN5O4/c1-4-6-7-8-9-10-11-12-17(31)25-19-18-20(27-21(23)26-19)28(15-24-18)13-16(30)22(5-2,14-29)32-3/h2,15-16,29-30H,4,6-14H2,1,3H3,(H,25,26,27,31)/t16-,22?/m0/s1. The number of methoxy groups -OCH3 is 1. The van der Waals surface area contributed by atoms with Crippen LogP contribution >= 0.6 is 0 Å². The SMILES string of the molecule is C#CC(CO)(OC)[C@@H](O)Cn1cnc2c(NC(=O)CCCCCCCCC)nc(F)nc21. The first-order valence-corrected chi connectivity index (χ1v) is 10.9. The quantitative estimate of drug-likeness (QED) is 0.230. The molecule has 2 heterocycles. The summed E-state index contributed by atoms with van der Waals surface area (Å²) in [6, 6.07) is 0. The third-order valence-corrected chi connectivity index (χ3v) is 5.45. The number of hydrogen-bond donors (Lipinski definition) is 3. The number of anilines is 1. The Kier molecular flexibility index (Phi) is 9.97. The molecule has 0 saturated heterocycles. The maximum absolute atomic E-state index is 14.1. The highest BCUT2D eigenvalue weighted by Gasteiger charge is 2.36. The molecule has 10 heteroatoms. The van der Waals surface area contributed by atoms with Gasteiger partial charge in [-0.15, -0.1) is 6.42 Å². The van der Waals surface area contributed by atoms with Crippen LogP contribution in [0.25, 0.3) is 11.2 Å². The van der Waals surface area contributed by atoms with Crippen LogP contribution < -0.4 is 5.32 Å². The fourth-order valence-corrected chi connectivity index (χ4v) is 3.42. The number of aliphatic hydroxyl groups excluding tert-OH is 2. The molecule has 32 heavy (non-hydrogen) atoms.